The quantitative estimate of drug-likeness (QED) is 0.170. The molecule has 0 unspecified atom stereocenters. The Hall–Kier alpha value is -6.94. The molecule has 0 N–H and O–H groups in total. The Morgan fingerprint density at radius 3 is 1.80 bits per heavy atom. The molecular weight excluding hydrogens is 687 g/mol. The minimum absolute atomic E-state index is 0.904. The van der Waals surface area contributed by atoms with Crippen LogP contribution in [0.15, 0.2) is 205 Å². The second-order valence-electron chi connectivity index (χ2n) is 14.1. The van der Waals surface area contributed by atoms with Gasteiger partial charge in [0, 0.05) is 53.6 Å². The molecular formula is C52H33NOS. The van der Waals surface area contributed by atoms with Gasteiger partial charge in [-0.25, -0.2) is 0 Å². The number of thiophene rings is 1. The summed E-state index contributed by atoms with van der Waals surface area (Å²) in [7, 11) is 0. The van der Waals surface area contributed by atoms with Crippen molar-refractivity contribution in [2.24, 2.45) is 0 Å². The van der Waals surface area contributed by atoms with Crippen molar-refractivity contribution in [3.63, 3.8) is 0 Å². The van der Waals surface area contributed by atoms with E-state index >= 15 is 0 Å². The highest BCUT2D eigenvalue weighted by molar-refractivity contribution is 7.26. The van der Waals surface area contributed by atoms with Crippen LogP contribution in [0, 0.1) is 0 Å². The Morgan fingerprint density at radius 2 is 0.982 bits per heavy atom. The van der Waals surface area contributed by atoms with Gasteiger partial charge in [-0.05, 0) is 87.1 Å². The topological polar surface area (TPSA) is 16.4 Å². The molecule has 11 rings (SSSR count). The number of nitrogens with zero attached hydrogens (tertiary/aromatic N) is 1. The van der Waals surface area contributed by atoms with Crippen LogP contribution in [0.1, 0.15) is 0 Å². The number of rotatable bonds is 6. The zero-order valence-corrected chi connectivity index (χ0v) is 30.6. The lowest BCUT2D eigenvalue weighted by Crippen LogP contribution is -2.10. The average molecular weight is 720 g/mol. The molecule has 2 nitrogen and oxygen atoms in total. The number of para-hydroxylation sites is 2. The summed E-state index contributed by atoms with van der Waals surface area (Å²) < 4.78 is 9.13. The summed E-state index contributed by atoms with van der Waals surface area (Å²) in [5, 5.41) is 7.51. The summed E-state index contributed by atoms with van der Waals surface area (Å²) in [6, 6.07) is 72.1. The maximum atomic E-state index is 6.47. The minimum Gasteiger partial charge on any atom is -0.455 e. The van der Waals surface area contributed by atoms with E-state index in [9.17, 15) is 0 Å². The Morgan fingerprint density at radius 1 is 0.364 bits per heavy atom. The highest BCUT2D eigenvalue weighted by Gasteiger charge is 2.17. The zero-order valence-electron chi connectivity index (χ0n) is 29.8. The molecule has 0 saturated carbocycles. The molecule has 0 saturated heterocycles. The number of benzene rings is 9. The van der Waals surface area contributed by atoms with Gasteiger partial charge < -0.3 is 9.32 Å². The zero-order chi connectivity index (χ0) is 36.3. The number of anilines is 3. The van der Waals surface area contributed by atoms with Crippen molar-refractivity contribution in [2.45, 2.75) is 0 Å². The van der Waals surface area contributed by atoms with Crippen LogP contribution in [0.2, 0.25) is 0 Å². The van der Waals surface area contributed by atoms with Crippen molar-refractivity contribution >= 4 is 81.3 Å². The third kappa shape index (κ3) is 5.40. The molecule has 55 heavy (non-hydrogen) atoms. The molecule has 0 radical (unpaired) electrons. The van der Waals surface area contributed by atoms with Crippen molar-refractivity contribution in [2.75, 3.05) is 4.90 Å². The van der Waals surface area contributed by atoms with Gasteiger partial charge in [0.25, 0.3) is 0 Å². The van der Waals surface area contributed by atoms with E-state index in [4.69, 9.17) is 4.42 Å². The van der Waals surface area contributed by atoms with Gasteiger partial charge in [0.05, 0.1) is 0 Å². The van der Waals surface area contributed by atoms with E-state index in [-0.39, 0.29) is 0 Å². The first-order valence-corrected chi connectivity index (χ1v) is 19.5. The molecule has 0 spiro atoms. The fourth-order valence-electron chi connectivity index (χ4n) is 8.15. The third-order valence-corrected chi connectivity index (χ3v) is 12.1. The molecule has 0 aliphatic carbocycles. The summed E-state index contributed by atoms with van der Waals surface area (Å²) in [4.78, 5) is 2.35. The van der Waals surface area contributed by atoms with Crippen LogP contribution in [0.25, 0.3) is 86.3 Å². The molecule has 0 fully saturated rings. The van der Waals surface area contributed by atoms with Gasteiger partial charge in [0.1, 0.15) is 11.2 Å². The summed E-state index contributed by atoms with van der Waals surface area (Å²) >= 11 is 1.89. The van der Waals surface area contributed by atoms with Crippen molar-refractivity contribution < 1.29 is 4.42 Å². The summed E-state index contributed by atoms with van der Waals surface area (Å²) in [5.41, 5.74) is 12.1. The van der Waals surface area contributed by atoms with Crippen molar-refractivity contribution in [1.82, 2.24) is 0 Å². The fourth-order valence-corrected chi connectivity index (χ4v) is 9.43. The van der Waals surface area contributed by atoms with Crippen molar-refractivity contribution in [3.05, 3.63) is 200 Å². The Labute approximate surface area is 322 Å². The molecule has 2 aromatic heterocycles. The molecule has 0 amide bonds. The predicted molar refractivity (Wildman–Crippen MR) is 235 cm³/mol. The fraction of sp³-hybridized carbons (Fsp3) is 0. The largest absolute Gasteiger partial charge is 0.455 e. The lowest BCUT2D eigenvalue weighted by molar-refractivity contribution is 0.670. The van der Waals surface area contributed by atoms with E-state index in [1.54, 1.807) is 0 Å². The molecule has 0 aliphatic rings. The standard InChI is InChI=1S/C52H33NOS/c1-2-10-34(11-3-1)35-20-26-40(27-21-35)53(42-14-8-13-39(32-42)43-17-9-18-47-45-16-6-7-19-49(45)54-51(43)47)41-28-22-36(23-29-41)38-25-30-46-48-31-24-37-12-4-5-15-44(37)52(48)55-50(46)33-38/h1-33H. The van der Waals surface area contributed by atoms with Crippen LogP contribution in [0.4, 0.5) is 17.1 Å². The lowest BCUT2D eigenvalue weighted by Gasteiger charge is -2.26. The van der Waals surface area contributed by atoms with Crippen LogP contribution in [0.3, 0.4) is 0 Å². The van der Waals surface area contributed by atoms with Gasteiger partial charge in [0.15, 0.2) is 0 Å². The number of hydrogen-bond acceptors (Lipinski definition) is 3. The summed E-state index contributed by atoms with van der Waals surface area (Å²) in [6.07, 6.45) is 0. The molecule has 258 valence electrons. The highest BCUT2D eigenvalue weighted by Crippen LogP contribution is 2.43. The lowest BCUT2D eigenvalue weighted by atomic mass is 10.0. The van der Waals surface area contributed by atoms with E-state index in [0.29, 0.717) is 0 Å². The van der Waals surface area contributed by atoms with E-state index in [2.05, 4.69) is 193 Å². The highest BCUT2D eigenvalue weighted by atomic mass is 32.1. The molecule has 2 heterocycles. The Balaban J connectivity index is 1.00. The van der Waals surface area contributed by atoms with E-state index in [0.717, 1.165) is 50.1 Å². The normalized spacial score (nSPS) is 11.6. The van der Waals surface area contributed by atoms with E-state index in [1.807, 2.05) is 23.5 Å². The van der Waals surface area contributed by atoms with Crippen LogP contribution >= 0.6 is 11.3 Å². The first-order valence-electron chi connectivity index (χ1n) is 18.7. The first-order chi connectivity index (χ1) is 27.2. The van der Waals surface area contributed by atoms with Crippen LogP contribution in [0.5, 0.6) is 0 Å². The van der Waals surface area contributed by atoms with Gasteiger partial charge in [-0.15, -0.1) is 11.3 Å². The third-order valence-electron chi connectivity index (χ3n) is 10.9. The molecule has 0 bridgehead atoms. The second-order valence-corrected chi connectivity index (χ2v) is 15.2. The maximum Gasteiger partial charge on any atom is 0.143 e. The predicted octanol–water partition coefficient (Wildman–Crippen LogP) is 15.6. The van der Waals surface area contributed by atoms with Gasteiger partial charge in [-0.1, -0.05) is 152 Å². The second kappa shape index (κ2) is 12.9. The van der Waals surface area contributed by atoms with Gasteiger partial charge >= 0.3 is 0 Å². The molecule has 0 aliphatic heterocycles. The van der Waals surface area contributed by atoms with Gasteiger partial charge in [-0.2, -0.15) is 0 Å². The Kier molecular flexibility index (Phi) is 7.39. The summed E-state index contributed by atoms with van der Waals surface area (Å²) in [6.45, 7) is 0. The number of furan rings is 1. The molecule has 9 aromatic carbocycles. The smallest absolute Gasteiger partial charge is 0.143 e. The Bertz CT molecular complexity index is 3190. The van der Waals surface area contributed by atoms with Crippen LogP contribution in [-0.2, 0) is 0 Å². The maximum absolute atomic E-state index is 6.47. The molecule has 3 heteroatoms. The first kappa shape index (κ1) is 31.6. The van der Waals surface area contributed by atoms with Crippen molar-refractivity contribution in [1.29, 1.82) is 0 Å². The van der Waals surface area contributed by atoms with Gasteiger partial charge in [0.2, 0.25) is 0 Å². The van der Waals surface area contributed by atoms with Gasteiger partial charge in [-0.3, -0.25) is 0 Å². The van der Waals surface area contributed by atoms with E-state index in [1.165, 1.54) is 53.2 Å². The van der Waals surface area contributed by atoms with E-state index < -0.39 is 0 Å². The molecule has 11 aromatic rings. The number of hydrogen-bond donors (Lipinski definition) is 0. The van der Waals surface area contributed by atoms with Crippen molar-refractivity contribution in [3.8, 4) is 33.4 Å². The number of fused-ring (bicyclic) bond motifs is 8. The monoisotopic (exact) mass is 719 g/mol. The van der Waals surface area contributed by atoms with Crippen LogP contribution < -0.4 is 4.90 Å². The minimum atomic E-state index is 0.904. The summed E-state index contributed by atoms with van der Waals surface area (Å²) in [5.74, 6) is 0. The SMILES string of the molecule is c1ccc(-c2ccc(N(c3ccc(-c4ccc5c(c4)sc4c6ccccc6ccc54)cc3)c3cccc(-c4cccc5c4oc4ccccc45)c3)cc2)cc1. The molecule has 0 atom stereocenters. The average Bonchev–Trinajstić information content (AvgIpc) is 3.83. The van der Waals surface area contributed by atoms with Crippen LogP contribution in [-0.4, -0.2) is 0 Å².